The molecule has 20 heavy (non-hydrogen) atoms. The van der Waals surface area contributed by atoms with Crippen molar-refractivity contribution in [2.75, 3.05) is 18.5 Å². The van der Waals surface area contributed by atoms with Crippen LogP contribution in [0.5, 0.6) is 0 Å². The van der Waals surface area contributed by atoms with Crippen LogP contribution in [-0.2, 0) is 11.8 Å². The highest BCUT2D eigenvalue weighted by Crippen LogP contribution is 2.31. The van der Waals surface area contributed by atoms with E-state index in [9.17, 15) is 4.79 Å². The largest absolute Gasteiger partial charge is 0.462 e. The summed E-state index contributed by atoms with van der Waals surface area (Å²) < 4.78 is 8.73. The zero-order valence-electron chi connectivity index (χ0n) is 11.5. The quantitative estimate of drug-likeness (QED) is 0.852. The van der Waals surface area contributed by atoms with Crippen molar-refractivity contribution in [3.05, 3.63) is 29.7 Å². The van der Waals surface area contributed by atoms with Crippen molar-refractivity contribution in [1.82, 2.24) is 19.6 Å². The SMILES string of the molecule is CCOC(=O)c1cnn2c1NCCC2c1ccnn1C. The van der Waals surface area contributed by atoms with E-state index >= 15 is 0 Å². The van der Waals surface area contributed by atoms with E-state index < -0.39 is 0 Å². The molecule has 3 heterocycles. The summed E-state index contributed by atoms with van der Waals surface area (Å²) in [4.78, 5) is 11.9. The van der Waals surface area contributed by atoms with E-state index in [0.717, 1.165) is 24.5 Å². The fourth-order valence-electron chi connectivity index (χ4n) is 2.57. The Balaban J connectivity index is 1.99. The first-order valence-electron chi connectivity index (χ1n) is 6.68. The van der Waals surface area contributed by atoms with Crippen molar-refractivity contribution in [3.63, 3.8) is 0 Å². The summed E-state index contributed by atoms with van der Waals surface area (Å²) in [6.45, 7) is 2.93. The van der Waals surface area contributed by atoms with Crippen LogP contribution in [0.25, 0.3) is 0 Å². The van der Waals surface area contributed by atoms with Gasteiger partial charge >= 0.3 is 5.97 Å². The first-order valence-corrected chi connectivity index (χ1v) is 6.68. The summed E-state index contributed by atoms with van der Waals surface area (Å²) in [5.74, 6) is 0.382. The smallest absolute Gasteiger partial charge is 0.343 e. The molecule has 1 atom stereocenters. The number of hydrogen-bond acceptors (Lipinski definition) is 5. The van der Waals surface area contributed by atoms with Crippen LogP contribution in [0.1, 0.15) is 35.4 Å². The average Bonchev–Trinajstić information content (AvgIpc) is 3.04. The van der Waals surface area contributed by atoms with Gasteiger partial charge in [0, 0.05) is 19.8 Å². The molecule has 106 valence electrons. The molecule has 0 spiro atoms. The third-order valence-corrected chi connectivity index (χ3v) is 3.50. The van der Waals surface area contributed by atoms with Crippen molar-refractivity contribution in [1.29, 1.82) is 0 Å². The van der Waals surface area contributed by atoms with Crippen LogP contribution < -0.4 is 5.32 Å². The number of aryl methyl sites for hydroxylation is 1. The molecule has 7 nitrogen and oxygen atoms in total. The molecule has 0 amide bonds. The Labute approximate surface area is 116 Å². The van der Waals surface area contributed by atoms with E-state index in [1.54, 1.807) is 19.3 Å². The fraction of sp³-hybridized carbons (Fsp3) is 0.462. The second kappa shape index (κ2) is 4.99. The van der Waals surface area contributed by atoms with Crippen LogP contribution in [-0.4, -0.2) is 38.7 Å². The van der Waals surface area contributed by atoms with Gasteiger partial charge < -0.3 is 10.1 Å². The maximum atomic E-state index is 11.9. The molecule has 2 aromatic rings. The fourth-order valence-corrected chi connectivity index (χ4v) is 2.57. The van der Waals surface area contributed by atoms with Gasteiger partial charge in [-0.15, -0.1) is 0 Å². The molecular formula is C13H17N5O2. The average molecular weight is 275 g/mol. The van der Waals surface area contributed by atoms with Crippen molar-refractivity contribution in [3.8, 4) is 0 Å². The summed E-state index contributed by atoms with van der Waals surface area (Å²) in [6.07, 6.45) is 4.23. The first kappa shape index (κ1) is 12.7. The molecule has 1 N–H and O–H groups in total. The maximum absolute atomic E-state index is 11.9. The minimum Gasteiger partial charge on any atom is -0.462 e. The van der Waals surface area contributed by atoms with E-state index in [-0.39, 0.29) is 12.0 Å². The second-order valence-corrected chi connectivity index (χ2v) is 4.68. The lowest BCUT2D eigenvalue weighted by Crippen LogP contribution is -2.27. The summed E-state index contributed by atoms with van der Waals surface area (Å²) in [7, 11) is 1.91. The number of nitrogens with zero attached hydrogens (tertiary/aromatic N) is 4. The summed E-state index contributed by atoms with van der Waals surface area (Å²) in [5.41, 5.74) is 1.56. The van der Waals surface area contributed by atoms with Gasteiger partial charge in [0.25, 0.3) is 0 Å². The Kier molecular flexibility index (Phi) is 3.17. The molecule has 0 fully saturated rings. The Morgan fingerprint density at radius 2 is 2.40 bits per heavy atom. The number of nitrogens with one attached hydrogen (secondary N) is 1. The van der Waals surface area contributed by atoms with Gasteiger partial charge in [-0.1, -0.05) is 0 Å². The standard InChI is InChI=1S/C13H17N5O2/c1-3-20-13(19)9-8-16-18-11(4-6-14-12(9)18)10-5-7-15-17(10)2/h5,7-8,11,14H,3-4,6H2,1-2H3. The molecule has 0 bridgehead atoms. The molecule has 2 aromatic heterocycles. The van der Waals surface area contributed by atoms with Gasteiger partial charge in [0.15, 0.2) is 0 Å². The van der Waals surface area contributed by atoms with Gasteiger partial charge in [-0.3, -0.25) is 4.68 Å². The minimum absolute atomic E-state index is 0.0851. The zero-order chi connectivity index (χ0) is 14.1. The lowest BCUT2D eigenvalue weighted by molar-refractivity contribution is 0.0527. The summed E-state index contributed by atoms with van der Waals surface area (Å²) >= 11 is 0. The van der Waals surface area contributed by atoms with Gasteiger partial charge in [0.1, 0.15) is 11.4 Å². The van der Waals surface area contributed by atoms with Crippen molar-refractivity contribution < 1.29 is 9.53 Å². The number of carbonyl (C=O) groups excluding carboxylic acids is 1. The van der Waals surface area contributed by atoms with E-state index in [1.807, 2.05) is 22.5 Å². The van der Waals surface area contributed by atoms with Gasteiger partial charge in [-0.2, -0.15) is 10.2 Å². The number of ether oxygens (including phenoxy) is 1. The van der Waals surface area contributed by atoms with Crippen LogP contribution in [0.4, 0.5) is 5.82 Å². The van der Waals surface area contributed by atoms with Gasteiger partial charge in [0.2, 0.25) is 0 Å². The van der Waals surface area contributed by atoms with Crippen molar-refractivity contribution in [2.24, 2.45) is 7.05 Å². The number of carbonyl (C=O) groups is 1. The van der Waals surface area contributed by atoms with Gasteiger partial charge in [-0.25, -0.2) is 9.48 Å². The van der Waals surface area contributed by atoms with E-state index in [0.29, 0.717) is 12.2 Å². The van der Waals surface area contributed by atoms with E-state index in [4.69, 9.17) is 4.74 Å². The van der Waals surface area contributed by atoms with Crippen molar-refractivity contribution in [2.45, 2.75) is 19.4 Å². The lowest BCUT2D eigenvalue weighted by atomic mass is 10.1. The number of aromatic nitrogens is 4. The Bertz CT molecular complexity index is 630. The summed E-state index contributed by atoms with van der Waals surface area (Å²) in [5, 5.41) is 11.8. The predicted molar refractivity (Wildman–Crippen MR) is 72.6 cm³/mol. The third kappa shape index (κ3) is 1.95. The van der Waals surface area contributed by atoms with Crippen LogP contribution in [0.15, 0.2) is 18.5 Å². The Morgan fingerprint density at radius 3 is 3.10 bits per heavy atom. The number of rotatable bonds is 3. The van der Waals surface area contributed by atoms with Crippen LogP contribution >= 0.6 is 0 Å². The van der Waals surface area contributed by atoms with E-state index in [2.05, 4.69) is 15.5 Å². The molecule has 0 radical (unpaired) electrons. The molecule has 1 aliphatic heterocycles. The van der Waals surface area contributed by atoms with Crippen LogP contribution in [0.2, 0.25) is 0 Å². The predicted octanol–water partition coefficient (Wildman–Crippen LogP) is 1.20. The number of fused-ring (bicyclic) bond motifs is 1. The van der Waals surface area contributed by atoms with Crippen LogP contribution in [0, 0.1) is 0 Å². The zero-order valence-corrected chi connectivity index (χ0v) is 11.5. The first-order chi connectivity index (χ1) is 9.72. The molecule has 1 unspecified atom stereocenters. The maximum Gasteiger partial charge on any atom is 0.343 e. The second-order valence-electron chi connectivity index (χ2n) is 4.68. The Hall–Kier alpha value is -2.31. The minimum atomic E-state index is -0.341. The number of anilines is 1. The highest BCUT2D eigenvalue weighted by atomic mass is 16.5. The highest BCUT2D eigenvalue weighted by molar-refractivity contribution is 5.94. The molecule has 0 aliphatic carbocycles. The molecule has 1 aliphatic rings. The van der Waals surface area contributed by atoms with Gasteiger partial charge in [0.05, 0.1) is 24.5 Å². The van der Waals surface area contributed by atoms with Crippen LogP contribution in [0.3, 0.4) is 0 Å². The van der Waals surface area contributed by atoms with E-state index in [1.165, 1.54) is 0 Å². The molecule has 0 aromatic carbocycles. The topological polar surface area (TPSA) is 74.0 Å². The normalized spacial score (nSPS) is 17.4. The highest BCUT2D eigenvalue weighted by Gasteiger charge is 2.28. The molecule has 0 saturated carbocycles. The Morgan fingerprint density at radius 1 is 1.55 bits per heavy atom. The molecule has 3 rings (SSSR count). The van der Waals surface area contributed by atoms with Gasteiger partial charge in [-0.05, 0) is 19.4 Å². The lowest BCUT2D eigenvalue weighted by Gasteiger charge is -2.26. The molecule has 0 saturated heterocycles. The monoisotopic (exact) mass is 275 g/mol. The third-order valence-electron chi connectivity index (χ3n) is 3.50. The molecule has 7 heteroatoms. The number of hydrogen-bond donors (Lipinski definition) is 1. The van der Waals surface area contributed by atoms with Crippen molar-refractivity contribution >= 4 is 11.8 Å². The number of esters is 1. The molecular weight excluding hydrogens is 258 g/mol. The summed E-state index contributed by atoms with van der Waals surface area (Å²) in [6, 6.07) is 2.06.